The molecular formula is C15H13N3O3S. The summed E-state index contributed by atoms with van der Waals surface area (Å²) in [5.74, 6) is 0.327. The average Bonchev–Trinajstić information content (AvgIpc) is 3.24. The number of esters is 1. The Bertz CT molecular complexity index is 768. The van der Waals surface area contributed by atoms with Crippen molar-refractivity contribution >= 4 is 17.3 Å². The van der Waals surface area contributed by atoms with E-state index in [0.717, 1.165) is 16.3 Å². The Morgan fingerprint density at radius 2 is 2.27 bits per heavy atom. The molecule has 3 rings (SSSR count). The van der Waals surface area contributed by atoms with Gasteiger partial charge in [0.05, 0.1) is 12.8 Å². The smallest absolute Gasteiger partial charge is 0.356 e. The monoisotopic (exact) mass is 315 g/mol. The van der Waals surface area contributed by atoms with E-state index in [1.165, 1.54) is 17.5 Å². The minimum atomic E-state index is -0.451. The molecule has 1 aromatic carbocycles. The summed E-state index contributed by atoms with van der Waals surface area (Å²) in [6.07, 6.45) is 1.50. The lowest BCUT2D eigenvalue weighted by atomic mass is 10.2. The van der Waals surface area contributed by atoms with Gasteiger partial charge in [-0.1, -0.05) is 12.1 Å². The van der Waals surface area contributed by atoms with Gasteiger partial charge in [-0.3, -0.25) is 5.10 Å². The van der Waals surface area contributed by atoms with Crippen molar-refractivity contribution in [1.29, 1.82) is 0 Å². The number of methoxy groups -OCH3 is 1. The molecule has 22 heavy (non-hydrogen) atoms. The lowest BCUT2D eigenvalue weighted by molar-refractivity contribution is 0.0461. The summed E-state index contributed by atoms with van der Waals surface area (Å²) >= 11 is 1.49. The van der Waals surface area contributed by atoms with Gasteiger partial charge in [-0.2, -0.15) is 5.10 Å². The largest absolute Gasteiger partial charge is 0.497 e. The first-order chi connectivity index (χ1) is 10.8. The fourth-order valence-corrected chi connectivity index (χ4v) is 2.65. The zero-order chi connectivity index (χ0) is 15.4. The number of aromatic amines is 1. The molecule has 0 amide bonds. The highest BCUT2D eigenvalue weighted by Gasteiger charge is 2.11. The van der Waals surface area contributed by atoms with Crippen molar-refractivity contribution in [3.63, 3.8) is 0 Å². The highest BCUT2D eigenvalue weighted by atomic mass is 32.1. The van der Waals surface area contributed by atoms with Crippen molar-refractivity contribution in [2.24, 2.45) is 0 Å². The molecular weight excluding hydrogens is 302 g/mol. The van der Waals surface area contributed by atoms with E-state index in [2.05, 4.69) is 15.2 Å². The Balaban J connectivity index is 1.67. The number of H-pyrrole nitrogens is 1. The number of nitrogens with zero attached hydrogens (tertiary/aromatic N) is 2. The van der Waals surface area contributed by atoms with Crippen LogP contribution >= 0.6 is 11.3 Å². The zero-order valence-corrected chi connectivity index (χ0v) is 12.6. The van der Waals surface area contributed by atoms with E-state index in [0.29, 0.717) is 11.4 Å². The third kappa shape index (κ3) is 3.15. The van der Waals surface area contributed by atoms with Crippen LogP contribution in [0.25, 0.3) is 10.6 Å². The van der Waals surface area contributed by atoms with Crippen molar-refractivity contribution in [2.45, 2.75) is 6.61 Å². The number of aromatic nitrogens is 3. The van der Waals surface area contributed by atoms with Crippen molar-refractivity contribution in [3.05, 3.63) is 53.3 Å². The quantitative estimate of drug-likeness (QED) is 0.733. The van der Waals surface area contributed by atoms with E-state index in [-0.39, 0.29) is 6.61 Å². The van der Waals surface area contributed by atoms with E-state index in [9.17, 15) is 4.79 Å². The Hall–Kier alpha value is -2.67. The number of hydrogen-bond acceptors (Lipinski definition) is 6. The predicted octanol–water partition coefficient (Wildman–Crippen LogP) is 2.90. The Morgan fingerprint density at radius 1 is 1.36 bits per heavy atom. The number of ether oxygens (including phenoxy) is 2. The molecule has 3 aromatic rings. The number of carbonyl (C=O) groups is 1. The molecule has 2 aromatic heterocycles. The summed E-state index contributed by atoms with van der Waals surface area (Å²) in [4.78, 5) is 16.2. The van der Waals surface area contributed by atoms with Gasteiger partial charge in [-0.05, 0) is 18.2 Å². The van der Waals surface area contributed by atoms with E-state index >= 15 is 0 Å². The molecule has 0 aliphatic carbocycles. The molecule has 0 bridgehead atoms. The maximum Gasteiger partial charge on any atom is 0.356 e. The van der Waals surface area contributed by atoms with E-state index in [1.54, 1.807) is 13.2 Å². The summed E-state index contributed by atoms with van der Waals surface area (Å²) in [5, 5.41) is 8.99. The molecule has 0 radical (unpaired) electrons. The Labute approximate surface area is 130 Å². The highest BCUT2D eigenvalue weighted by Crippen LogP contribution is 2.27. The van der Waals surface area contributed by atoms with Gasteiger partial charge < -0.3 is 9.47 Å². The molecule has 0 atom stereocenters. The van der Waals surface area contributed by atoms with Gasteiger partial charge in [0.1, 0.15) is 23.1 Å². The number of nitrogens with one attached hydrogen (secondary N) is 1. The molecule has 1 N–H and O–H groups in total. The maximum absolute atomic E-state index is 11.7. The van der Waals surface area contributed by atoms with Crippen LogP contribution in [0, 0.1) is 0 Å². The van der Waals surface area contributed by atoms with Gasteiger partial charge in [0.15, 0.2) is 0 Å². The third-order valence-corrected chi connectivity index (χ3v) is 3.88. The molecule has 0 aliphatic rings. The lowest BCUT2D eigenvalue weighted by Crippen LogP contribution is -2.05. The normalized spacial score (nSPS) is 10.4. The molecule has 2 heterocycles. The summed E-state index contributed by atoms with van der Waals surface area (Å²) in [6, 6.07) is 9.23. The van der Waals surface area contributed by atoms with Crippen LogP contribution in [0.3, 0.4) is 0 Å². The van der Waals surface area contributed by atoms with Crippen LogP contribution in [0.5, 0.6) is 5.75 Å². The van der Waals surface area contributed by atoms with Gasteiger partial charge in [0.2, 0.25) is 0 Å². The first kappa shape index (κ1) is 14.3. The van der Waals surface area contributed by atoms with Gasteiger partial charge in [-0.15, -0.1) is 11.3 Å². The topological polar surface area (TPSA) is 77.1 Å². The molecule has 0 aliphatic heterocycles. The van der Waals surface area contributed by atoms with Crippen LogP contribution in [-0.4, -0.2) is 28.3 Å². The van der Waals surface area contributed by atoms with Gasteiger partial charge >= 0.3 is 5.97 Å². The van der Waals surface area contributed by atoms with E-state index < -0.39 is 5.97 Å². The van der Waals surface area contributed by atoms with Crippen LogP contribution in [0.2, 0.25) is 0 Å². The molecule has 112 valence electrons. The van der Waals surface area contributed by atoms with Crippen molar-refractivity contribution in [2.75, 3.05) is 7.11 Å². The fraction of sp³-hybridized carbons (Fsp3) is 0.133. The van der Waals surface area contributed by atoms with Crippen molar-refractivity contribution in [1.82, 2.24) is 15.2 Å². The molecule has 6 nitrogen and oxygen atoms in total. The SMILES string of the molecule is COc1cccc(-c2nc(COC(=O)c3ccn[nH]3)cs2)c1. The van der Waals surface area contributed by atoms with Gasteiger partial charge in [-0.25, -0.2) is 9.78 Å². The second-order valence-electron chi connectivity index (χ2n) is 4.42. The van der Waals surface area contributed by atoms with Crippen LogP contribution in [0.4, 0.5) is 0 Å². The summed E-state index contributed by atoms with van der Waals surface area (Å²) in [6.45, 7) is 0.123. The number of hydrogen-bond donors (Lipinski definition) is 1. The summed E-state index contributed by atoms with van der Waals surface area (Å²) in [5.41, 5.74) is 1.99. The van der Waals surface area contributed by atoms with Crippen LogP contribution in [-0.2, 0) is 11.3 Å². The minimum absolute atomic E-state index is 0.123. The number of carbonyl (C=O) groups excluding carboxylic acids is 1. The summed E-state index contributed by atoms with van der Waals surface area (Å²) < 4.78 is 10.4. The fourth-order valence-electron chi connectivity index (χ4n) is 1.85. The Morgan fingerprint density at radius 3 is 3.05 bits per heavy atom. The van der Waals surface area contributed by atoms with E-state index in [4.69, 9.17) is 9.47 Å². The molecule has 0 saturated carbocycles. The maximum atomic E-state index is 11.7. The van der Waals surface area contributed by atoms with Crippen LogP contribution in [0.1, 0.15) is 16.2 Å². The van der Waals surface area contributed by atoms with Crippen molar-refractivity contribution in [3.8, 4) is 16.3 Å². The number of benzene rings is 1. The minimum Gasteiger partial charge on any atom is -0.497 e. The van der Waals surface area contributed by atoms with Gasteiger partial charge in [0.25, 0.3) is 0 Å². The van der Waals surface area contributed by atoms with Gasteiger partial charge in [0, 0.05) is 17.1 Å². The third-order valence-electron chi connectivity index (χ3n) is 2.94. The van der Waals surface area contributed by atoms with E-state index in [1.807, 2.05) is 29.6 Å². The predicted molar refractivity (Wildman–Crippen MR) is 81.8 cm³/mol. The molecule has 0 saturated heterocycles. The number of rotatable bonds is 5. The standard InChI is InChI=1S/C15H13N3O3S/c1-20-12-4-2-3-10(7-12)14-17-11(9-22-14)8-21-15(19)13-5-6-16-18-13/h2-7,9H,8H2,1H3,(H,16,18). The van der Waals surface area contributed by atoms with Crippen molar-refractivity contribution < 1.29 is 14.3 Å². The Kier molecular flexibility index (Phi) is 4.15. The molecule has 0 fully saturated rings. The van der Waals surface area contributed by atoms with Crippen LogP contribution < -0.4 is 4.74 Å². The molecule has 0 spiro atoms. The first-order valence-electron chi connectivity index (χ1n) is 6.51. The second-order valence-corrected chi connectivity index (χ2v) is 5.28. The zero-order valence-electron chi connectivity index (χ0n) is 11.8. The number of thiazole rings is 1. The average molecular weight is 315 g/mol. The van der Waals surface area contributed by atoms with Crippen LogP contribution in [0.15, 0.2) is 41.9 Å². The second kappa shape index (κ2) is 6.40. The highest BCUT2D eigenvalue weighted by molar-refractivity contribution is 7.13. The molecule has 7 heteroatoms. The first-order valence-corrected chi connectivity index (χ1v) is 7.39. The lowest BCUT2D eigenvalue weighted by Gasteiger charge is -2.02. The molecule has 0 unspecified atom stereocenters. The summed E-state index contributed by atoms with van der Waals surface area (Å²) in [7, 11) is 1.63.